The zero-order valence-corrected chi connectivity index (χ0v) is 19.3. The standard InChI is InChI=1S/C25H25FN4O4/c1-14-6-5-7-18(33-4)23(14)29-25-24(28-21-9-8-16(26)12-30(21)25)22-15(2)10-17(32-3)11-19(22)34-13-20(27)31/h5-12,29H,13H2,1-4H3,(H2,27,31). The Labute approximate surface area is 196 Å². The summed E-state index contributed by atoms with van der Waals surface area (Å²) in [6, 6.07) is 12.1. The molecule has 0 spiro atoms. The maximum absolute atomic E-state index is 14.3. The highest BCUT2D eigenvalue weighted by molar-refractivity contribution is 5.86. The monoisotopic (exact) mass is 464 g/mol. The van der Waals surface area contributed by atoms with Crippen molar-refractivity contribution in [3.63, 3.8) is 0 Å². The summed E-state index contributed by atoms with van der Waals surface area (Å²) in [5.74, 6) is 0.984. The average molecular weight is 464 g/mol. The maximum Gasteiger partial charge on any atom is 0.255 e. The van der Waals surface area contributed by atoms with Crippen LogP contribution in [-0.2, 0) is 4.79 Å². The van der Waals surface area contributed by atoms with E-state index in [0.717, 1.165) is 11.1 Å². The summed E-state index contributed by atoms with van der Waals surface area (Å²) in [5, 5.41) is 3.39. The first-order valence-corrected chi connectivity index (χ1v) is 10.5. The molecule has 1 amide bonds. The van der Waals surface area contributed by atoms with Crippen molar-refractivity contribution in [2.75, 3.05) is 26.1 Å². The molecule has 0 fully saturated rings. The number of carbonyl (C=O) groups is 1. The summed E-state index contributed by atoms with van der Waals surface area (Å²) in [7, 11) is 3.12. The predicted molar refractivity (Wildman–Crippen MR) is 128 cm³/mol. The molecule has 3 N–H and O–H groups in total. The van der Waals surface area contributed by atoms with Crippen LogP contribution in [0.25, 0.3) is 16.9 Å². The minimum Gasteiger partial charge on any atom is -0.497 e. The summed E-state index contributed by atoms with van der Waals surface area (Å²) in [4.78, 5) is 16.2. The van der Waals surface area contributed by atoms with E-state index >= 15 is 0 Å². The van der Waals surface area contributed by atoms with Gasteiger partial charge in [0.25, 0.3) is 5.91 Å². The number of aromatic nitrogens is 2. The zero-order chi connectivity index (χ0) is 24.4. The number of nitrogens with one attached hydrogen (secondary N) is 1. The molecule has 0 aliphatic rings. The number of nitrogens with zero attached hydrogens (tertiary/aromatic N) is 2. The van der Waals surface area contributed by atoms with Gasteiger partial charge in [0.15, 0.2) is 6.61 Å². The number of hydrogen-bond donors (Lipinski definition) is 2. The molecule has 0 atom stereocenters. The Bertz CT molecular complexity index is 1380. The van der Waals surface area contributed by atoms with Gasteiger partial charge in [-0.3, -0.25) is 9.20 Å². The molecule has 4 aromatic rings. The molecule has 0 bridgehead atoms. The van der Waals surface area contributed by atoms with E-state index in [4.69, 9.17) is 24.9 Å². The average Bonchev–Trinajstić information content (AvgIpc) is 3.15. The van der Waals surface area contributed by atoms with Crippen LogP contribution in [0.4, 0.5) is 15.9 Å². The van der Waals surface area contributed by atoms with Gasteiger partial charge in [0.1, 0.15) is 40.2 Å². The van der Waals surface area contributed by atoms with Crippen LogP contribution in [0.3, 0.4) is 0 Å². The molecular weight excluding hydrogens is 439 g/mol. The number of carbonyl (C=O) groups excluding carboxylic acids is 1. The zero-order valence-electron chi connectivity index (χ0n) is 19.3. The van der Waals surface area contributed by atoms with Gasteiger partial charge in [-0.25, -0.2) is 9.37 Å². The maximum atomic E-state index is 14.3. The highest BCUT2D eigenvalue weighted by Gasteiger charge is 2.23. The van der Waals surface area contributed by atoms with Crippen LogP contribution in [0.5, 0.6) is 17.2 Å². The van der Waals surface area contributed by atoms with Crippen LogP contribution in [0.2, 0.25) is 0 Å². The summed E-state index contributed by atoms with van der Waals surface area (Å²) in [5.41, 5.74) is 9.35. The Hall–Kier alpha value is -4.27. The number of primary amides is 1. The first-order chi connectivity index (χ1) is 16.3. The SMILES string of the molecule is COc1cc(C)c(-c2nc3ccc(F)cn3c2Nc2c(C)cccc2OC)c(OCC(N)=O)c1. The van der Waals surface area contributed by atoms with Gasteiger partial charge in [0.05, 0.1) is 19.9 Å². The lowest BCUT2D eigenvalue weighted by atomic mass is 10.0. The fourth-order valence-corrected chi connectivity index (χ4v) is 3.81. The molecule has 176 valence electrons. The minimum absolute atomic E-state index is 0.323. The molecule has 9 heteroatoms. The molecule has 4 rings (SSSR count). The number of halogens is 1. The number of hydrogen-bond acceptors (Lipinski definition) is 6. The lowest BCUT2D eigenvalue weighted by molar-refractivity contribution is -0.119. The van der Waals surface area contributed by atoms with Crippen LogP contribution in [0.1, 0.15) is 11.1 Å². The van der Waals surface area contributed by atoms with E-state index in [9.17, 15) is 9.18 Å². The van der Waals surface area contributed by atoms with Crippen molar-refractivity contribution < 1.29 is 23.4 Å². The van der Waals surface area contributed by atoms with Gasteiger partial charge in [-0.1, -0.05) is 12.1 Å². The topological polar surface area (TPSA) is 100 Å². The predicted octanol–water partition coefficient (Wildman–Crippen LogP) is 4.38. The van der Waals surface area contributed by atoms with Crippen molar-refractivity contribution in [2.45, 2.75) is 13.8 Å². The number of amides is 1. The second kappa shape index (κ2) is 9.30. The number of imidazole rings is 1. The smallest absolute Gasteiger partial charge is 0.255 e. The first kappa shape index (κ1) is 22.9. The molecule has 0 aliphatic heterocycles. The molecule has 0 aliphatic carbocycles. The van der Waals surface area contributed by atoms with Gasteiger partial charge < -0.3 is 25.3 Å². The Morgan fingerprint density at radius 1 is 1.09 bits per heavy atom. The molecular formula is C25H25FN4O4. The van der Waals surface area contributed by atoms with Gasteiger partial charge in [-0.05, 0) is 49.2 Å². The summed E-state index contributed by atoms with van der Waals surface area (Å²) in [6.07, 6.45) is 1.35. The van der Waals surface area contributed by atoms with Gasteiger partial charge in [0, 0.05) is 17.8 Å². The fourth-order valence-electron chi connectivity index (χ4n) is 3.81. The van der Waals surface area contributed by atoms with Crippen LogP contribution in [0.15, 0.2) is 48.7 Å². The van der Waals surface area contributed by atoms with Crippen molar-refractivity contribution in [2.24, 2.45) is 5.73 Å². The normalized spacial score (nSPS) is 10.9. The Kier molecular flexibility index (Phi) is 6.27. The number of fused-ring (bicyclic) bond motifs is 1. The molecule has 0 saturated heterocycles. The van der Waals surface area contributed by atoms with E-state index in [-0.39, 0.29) is 6.61 Å². The number of methoxy groups -OCH3 is 2. The fraction of sp³-hybridized carbons (Fsp3) is 0.200. The number of aryl methyl sites for hydroxylation is 2. The number of ether oxygens (including phenoxy) is 3. The van der Waals surface area contributed by atoms with Crippen molar-refractivity contribution in [3.8, 4) is 28.5 Å². The van der Waals surface area contributed by atoms with E-state index in [0.29, 0.717) is 45.7 Å². The van der Waals surface area contributed by atoms with Crippen LogP contribution in [-0.4, -0.2) is 36.1 Å². The van der Waals surface area contributed by atoms with Gasteiger partial charge in [-0.2, -0.15) is 0 Å². The summed E-state index contributed by atoms with van der Waals surface area (Å²) < 4.78 is 32.5. The van der Waals surface area contributed by atoms with Gasteiger partial charge in [-0.15, -0.1) is 0 Å². The van der Waals surface area contributed by atoms with Crippen molar-refractivity contribution in [1.29, 1.82) is 0 Å². The van der Waals surface area contributed by atoms with E-state index < -0.39 is 11.7 Å². The number of rotatable bonds is 8. The third-order valence-corrected chi connectivity index (χ3v) is 5.40. The number of anilines is 2. The lowest BCUT2D eigenvalue weighted by Gasteiger charge is -2.17. The van der Waals surface area contributed by atoms with Crippen LogP contribution in [0, 0.1) is 19.7 Å². The molecule has 2 heterocycles. The van der Waals surface area contributed by atoms with Crippen molar-refractivity contribution in [1.82, 2.24) is 9.38 Å². The van der Waals surface area contributed by atoms with Gasteiger partial charge in [0.2, 0.25) is 0 Å². The van der Waals surface area contributed by atoms with Crippen molar-refractivity contribution in [3.05, 3.63) is 65.6 Å². The summed E-state index contributed by atoms with van der Waals surface area (Å²) >= 11 is 0. The van der Waals surface area contributed by atoms with E-state index in [1.54, 1.807) is 23.6 Å². The lowest BCUT2D eigenvalue weighted by Crippen LogP contribution is -2.20. The molecule has 34 heavy (non-hydrogen) atoms. The number of benzene rings is 2. The number of pyridine rings is 1. The molecule has 8 nitrogen and oxygen atoms in total. The summed E-state index contributed by atoms with van der Waals surface area (Å²) in [6.45, 7) is 3.49. The van der Waals surface area contributed by atoms with Crippen LogP contribution >= 0.6 is 0 Å². The number of nitrogens with two attached hydrogens (primary N) is 1. The highest BCUT2D eigenvalue weighted by atomic mass is 19.1. The third-order valence-electron chi connectivity index (χ3n) is 5.40. The number of para-hydroxylation sites is 1. The second-order valence-corrected chi connectivity index (χ2v) is 7.73. The van der Waals surface area contributed by atoms with E-state index in [1.807, 2.05) is 38.1 Å². The highest BCUT2D eigenvalue weighted by Crippen LogP contribution is 2.42. The third kappa shape index (κ3) is 4.32. The van der Waals surface area contributed by atoms with E-state index in [2.05, 4.69) is 5.32 Å². The molecule has 0 radical (unpaired) electrons. The van der Waals surface area contributed by atoms with Crippen molar-refractivity contribution >= 4 is 23.1 Å². The minimum atomic E-state index is -0.619. The molecule has 0 saturated carbocycles. The molecule has 0 unspecified atom stereocenters. The van der Waals surface area contributed by atoms with E-state index in [1.165, 1.54) is 19.4 Å². The Morgan fingerprint density at radius 3 is 2.59 bits per heavy atom. The first-order valence-electron chi connectivity index (χ1n) is 10.5. The second-order valence-electron chi connectivity index (χ2n) is 7.73. The molecule has 2 aromatic carbocycles. The largest absolute Gasteiger partial charge is 0.497 e. The Morgan fingerprint density at radius 2 is 1.88 bits per heavy atom. The van der Waals surface area contributed by atoms with Gasteiger partial charge >= 0.3 is 0 Å². The van der Waals surface area contributed by atoms with Crippen LogP contribution < -0.4 is 25.3 Å². The quantitative estimate of drug-likeness (QED) is 0.401. The Balaban J connectivity index is 1.99. The molecule has 2 aromatic heterocycles.